The fraction of sp³-hybridized carbons (Fsp3) is 0.111. The van der Waals surface area contributed by atoms with Gasteiger partial charge in [0.25, 0.3) is 5.91 Å². The first-order chi connectivity index (χ1) is 10.6. The van der Waals surface area contributed by atoms with E-state index in [4.69, 9.17) is 0 Å². The van der Waals surface area contributed by atoms with Crippen LogP contribution in [0.25, 0.3) is 6.08 Å². The number of hydrogen-bond donors (Lipinski definition) is 1. The SMILES string of the molecule is Cc1cccc(N=C2NC(=O)/C(=C/c3ccccc3)S2)c1C. The van der Waals surface area contributed by atoms with Gasteiger partial charge < -0.3 is 5.32 Å². The average molecular weight is 308 g/mol. The molecular formula is C18H16N2OS. The number of amidine groups is 1. The first kappa shape index (κ1) is 14.6. The summed E-state index contributed by atoms with van der Waals surface area (Å²) in [4.78, 5) is 17.3. The Morgan fingerprint density at radius 1 is 1.05 bits per heavy atom. The van der Waals surface area contributed by atoms with Crippen LogP contribution in [0.15, 0.2) is 58.4 Å². The van der Waals surface area contributed by atoms with Crippen molar-refractivity contribution < 1.29 is 4.79 Å². The zero-order valence-electron chi connectivity index (χ0n) is 12.5. The molecule has 0 saturated carbocycles. The van der Waals surface area contributed by atoms with E-state index in [9.17, 15) is 4.79 Å². The van der Waals surface area contributed by atoms with Gasteiger partial charge in [0.1, 0.15) is 0 Å². The molecule has 1 saturated heterocycles. The van der Waals surface area contributed by atoms with Crippen LogP contribution in [0.1, 0.15) is 16.7 Å². The van der Waals surface area contributed by atoms with Crippen LogP contribution in [0.4, 0.5) is 5.69 Å². The number of nitrogens with one attached hydrogen (secondary N) is 1. The van der Waals surface area contributed by atoms with Crippen LogP contribution in [0.5, 0.6) is 0 Å². The van der Waals surface area contributed by atoms with Gasteiger partial charge in [0.05, 0.1) is 10.6 Å². The smallest absolute Gasteiger partial charge is 0.264 e. The predicted molar refractivity (Wildman–Crippen MR) is 93.2 cm³/mol. The van der Waals surface area contributed by atoms with Crippen molar-refractivity contribution in [2.45, 2.75) is 13.8 Å². The van der Waals surface area contributed by atoms with Crippen LogP contribution in [0, 0.1) is 13.8 Å². The van der Waals surface area contributed by atoms with E-state index in [-0.39, 0.29) is 5.91 Å². The van der Waals surface area contributed by atoms with Crippen molar-refractivity contribution in [3.05, 3.63) is 70.1 Å². The summed E-state index contributed by atoms with van der Waals surface area (Å²) in [6.07, 6.45) is 1.88. The Hall–Kier alpha value is -2.33. The van der Waals surface area contributed by atoms with E-state index in [2.05, 4.69) is 23.3 Å². The van der Waals surface area contributed by atoms with E-state index >= 15 is 0 Å². The highest BCUT2D eigenvalue weighted by atomic mass is 32.2. The van der Waals surface area contributed by atoms with Crippen molar-refractivity contribution in [2.75, 3.05) is 0 Å². The van der Waals surface area contributed by atoms with E-state index < -0.39 is 0 Å². The topological polar surface area (TPSA) is 41.5 Å². The molecule has 0 unspecified atom stereocenters. The maximum atomic E-state index is 12.1. The second-order valence-corrected chi connectivity index (χ2v) is 6.14. The number of rotatable bonds is 2. The third-order valence-corrected chi connectivity index (χ3v) is 4.46. The summed E-state index contributed by atoms with van der Waals surface area (Å²) in [6.45, 7) is 4.09. The fourth-order valence-electron chi connectivity index (χ4n) is 2.15. The maximum Gasteiger partial charge on any atom is 0.264 e. The number of carbonyl (C=O) groups is 1. The van der Waals surface area contributed by atoms with Crippen molar-refractivity contribution in [1.29, 1.82) is 0 Å². The number of aliphatic imine (C=N–C) groups is 1. The quantitative estimate of drug-likeness (QED) is 0.845. The summed E-state index contributed by atoms with van der Waals surface area (Å²) in [5.74, 6) is -0.0992. The van der Waals surface area contributed by atoms with Crippen molar-refractivity contribution in [3.63, 3.8) is 0 Å². The first-order valence-corrected chi connectivity index (χ1v) is 7.86. The number of nitrogens with zero attached hydrogens (tertiary/aromatic N) is 1. The minimum Gasteiger partial charge on any atom is -0.300 e. The van der Waals surface area contributed by atoms with Crippen molar-refractivity contribution >= 4 is 34.6 Å². The van der Waals surface area contributed by atoms with Crippen LogP contribution in [0.3, 0.4) is 0 Å². The molecule has 1 amide bonds. The Bertz CT molecular complexity index is 779. The zero-order valence-corrected chi connectivity index (χ0v) is 13.3. The molecule has 1 N–H and O–H groups in total. The Morgan fingerprint density at radius 3 is 2.59 bits per heavy atom. The molecule has 1 heterocycles. The van der Waals surface area contributed by atoms with Gasteiger partial charge >= 0.3 is 0 Å². The summed E-state index contributed by atoms with van der Waals surface area (Å²) >= 11 is 1.37. The second-order valence-electron chi connectivity index (χ2n) is 5.11. The van der Waals surface area contributed by atoms with Crippen molar-refractivity contribution in [1.82, 2.24) is 5.32 Å². The predicted octanol–water partition coefficient (Wildman–Crippen LogP) is 4.20. The molecule has 4 heteroatoms. The average Bonchev–Trinajstić information content (AvgIpc) is 2.85. The summed E-state index contributed by atoms with van der Waals surface area (Å²) in [5, 5.41) is 3.45. The molecule has 1 fully saturated rings. The number of benzene rings is 2. The lowest BCUT2D eigenvalue weighted by molar-refractivity contribution is -0.115. The van der Waals surface area contributed by atoms with Gasteiger partial charge in [0.2, 0.25) is 0 Å². The maximum absolute atomic E-state index is 12.1. The Labute approximate surface area is 134 Å². The lowest BCUT2D eigenvalue weighted by Gasteiger charge is -2.04. The first-order valence-electron chi connectivity index (χ1n) is 7.04. The number of aryl methyl sites for hydroxylation is 1. The number of thioether (sulfide) groups is 1. The third-order valence-electron chi connectivity index (χ3n) is 3.55. The van der Waals surface area contributed by atoms with E-state index in [0.29, 0.717) is 10.1 Å². The molecule has 22 heavy (non-hydrogen) atoms. The van der Waals surface area contributed by atoms with E-state index in [1.54, 1.807) is 0 Å². The normalized spacial score (nSPS) is 18.0. The molecule has 0 atom stereocenters. The molecule has 0 bridgehead atoms. The third kappa shape index (κ3) is 3.12. The Balaban J connectivity index is 1.87. The summed E-state index contributed by atoms with van der Waals surface area (Å²) in [5.41, 5.74) is 4.22. The van der Waals surface area contributed by atoms with Gasteiger partial charge in [-0.3, -0.25) is 4.79 Å². The Morgan fingerprint density at radius 2 is 1.82 bits per heavy atom. The van der Waals surface area contributed by atoms with Crippen LogP contribution in [0.2, 0.25) is 0 Å². The molecule has 1 aliphatic heterocycles. The zero-order chi connectivity index (χ0) is 15.5. The van der Waals surface area contributed by atoms with Gasteiger partial charge in [-0.15, -0.1) is 0 Å². The highest BCUT2D eigenvalue weighted by Gasteiger charge is 2.23. The van der Waals surface area contributed by atoms with E-state index in [1.165, 1.54) is 17.3 Å². The van der Waals surface area contributed by atoms with E-state index in [1.807, 2.05) is 55.5 Å². The second kappa shape index (κ2) is 6.20. The molecule has 0 radical (unpaired) electrons. The highest BCUT2D eigenvalue weighted by Crippen LogP contribution is 2.29. The summed E-state index contributed by atoms with van der Waals surface area (Å²) in [6, 6.07) is 15.8. The largest absolute Gasteiger partial charge is 0.300 e. The van der Waals surface area contributed by atoms with Crippen LogP contribution < -0.4 is 5.32 Å². The summed E-state index contributed by atoms with van der Waals surface area (Å²) in [7, 11) is 0. The Kier molecular flexibility index (Phi) is 4.11. The van der Waals surface area contributed by atoms with Gasteiger partial charge in [-0.1, -0.05) is 42.5 Å². The lowest BCUT2D eigenvalue weighted by Crippen LogP contribution is -2.19. The monoisotopic (exact) mass is 308 g/mol. The van der Waals surface area contributed by atoms with Crippen molar-refractivity contribution in [3.8, 4) is 0 Å². The molecule has 1 aliphatic rings. The van der Waals surface area contributed by atoms with Gasteiger partial charge in [0.15, 0.2) is 5.17 Å². The van der Waals surface area contributed by atoms with Crippen LogP contribution in [-0.4, -0.2) is 11.1 Å². The van der Waals surface area contributed by atoms with Gasteiger partial charge in [-0.05, 0) is 54.4 Å². The number of amides is 1. The molecular weight excluding hydrogens is 292 g/mol. The van der Waals surface area contributed by atoms with Crippen LogP contribution in [-0.2, 0) is 4.79 Å². The van der Waals surface area contributed by atoms with Gasteiger partial charge in [0, 0.05) is 0 Å². The lowest BCUT2D eigenvalue weighted by atomic mass is 10.1. The molecule has 0 aliphatic carbocycles. The highest BCUT2D eigenvalue weighted by molar-refractivity contribution is 8.18. The molecule has 0 aromatic heterocycles. The van der Waals surface area contributed by atoms with Gasteiger partial charge in [-0.25, -0.2) is 4.99 Å². The standard InChI is InChI=1S/C18H16N2OS/c1-12-7-6-10-15(13(12)2)19-18-20-17(21)16(22-18)11-14-8-4-3-5-9-14/h3-11H,1-2H3,(H,19,20,21)/b16-11-. The fourth-order valence-corrected chi connectivity index (χ4v) is 2.98. The minimum atomic E-state index is -0.0992. The molecule has 3 nitrogen and oxygen atoms in total. The van der Waals surface area contributed by atoms with Crippen LogP contribution >= 0.6 is 11.8 Å². The van der Waals surface area contributed by atoms with Gasteiger partial charge in [-0.2, -0.15) is 0 Å². The van der Waals surface area contributed by atoms with Crippen molar-refractivity contribution in [2.24, 2.45) is 4.99 Å². The molecule has 2 aromatic rings. The number of carbonyl (C=O) groups excluding carboxylic acids is 1. The number of hydrogen-bond acceptors (Lipinski definition) is 3. The molecule has 3 rings (SSSR count). The molecule has 0 spiro atoms. The van der Waals surface area contributed by atoms with E-state index in [0.717, 1.165) is 16.8 Å². The minimum absolute atomic E-state index is 0.0992. The molecule has 110 valence electrons. The summed E-state index contributed by atoms with van der Waals surface area (Å²) < 4.78 is 0. The molecule has 2 aromatic carbocycles.